The molecule has 6 heteroatoms. The minimum atomic E-state index is -0.0761. The molecule has 0 saturated carbocycles. The molecular weight excluding hydrogens is 316 g/mol. The lowest BCUT2D eigenvalue weighted by atomic mass is 9.91. The maximum Gasteiger partial charge on any atom is 0.322 e. The van der Waals surface area contributed by atoms with E-state index in [-0.39, 0.29) is 12.1 Å². The number of furan rings is 1. The molecule has 1 aliphatic heterocycles. The molecule has 3 heterocycles. The molecule has 3 rings (SSSR count). The molecule has 0 aliphatic carbocycles. The first kappa shape index (κ1) is 17.6. The molecular formula is C19H28N4O2. The predicted molar refractivity (Wildman–Crippen MR) is 97.7 cm³/mol. The van der Waals surface area contributed by atoms with Crippen LogP contribution in [0.15, 0.2) is 16.5 Å². The van der Waals surface area contributed by atoms with Crippen molar-refractivity contribution >= 4 is 11.7 Å². The van der Waals surface area contributed by atoms with Crippen LogP contribution in [0.4, 0.5) is 10.5 Å². The van der Waals surface area contributed by atoms with Gasteiger partial charge in [0.15, 0.2) is 0 Å². The average Bonchev–Trinajstić information content (AvgIpc) is 3.12. The SMILES string of the molecule is CCn1nc(C)c(NC(=O)N2CC[C@H](C)C[C@@H]2c2ccc(C)o2)c1C. The Bertz CT molecular complexity index is 762. The molecule has 1 aliphatic rings. The van der Waals surface area contributed by atoms with Gasteiger partial charge in [0, 0.05) is 13.1 Å². The van der Waals surface area contributed by atoms with E-state index in [1.165, 1.54) is 0 Å². The van der Waals surface area contributed by atoms with Crippen LogP contribution in [-0.4, -0.2) is 27.3 Å². The van der Waals surface area contributed by atoms with Crippen LogP contribution in [0.1, 0.15) is 55.6 Å². The third-order valence-corrected chi connectivity index (χ3v) is 5.13. The number of rotatable bonds is 3. The van der Waals surface area contributed by atoms with Gasteiger partial charge >= 0.3 is 6.03 Å². The fourth-order valence-corrected chi connectivity index (χ4v) is 3.65. The van der Waals surface area contributed by atoms with Gasteiger partial charge in [0.2, 0.25) is 0 Å². The van der Waals surface area contributed by atoms with Crippen LogP contribution in [0.25, 0.3) is 0 Å². The summed E-state index contributed by atoms with van der Waals surface area (Å²) in [6.45, 7) is 11.7. The molecule has 0 bridgehead atoms. The Kier molecular flexibility index (Phi) is 4.88. The number of urea groups is 1. The van der Waals surface area contributed by atoms with Crippen molar-refractivity contribution in [2.24, 2.45) is 5.92 Å². The summed E-state index contributed by atoms with van der Waals surface area (Å²) in [5.41, 5.74) is 2.66. The first-order valence-electron chi connectivity index (χ1n) is 9.08. The minimum Gasteiger partial charge on any atom is -0.464 e. The molecule has 1 saturated heterocycles. The van der Waals surface area contributed by atoms with Crippen molar-refractivity contribution in [2.75, 3.05) is 11.9 Å². The number of carbonyl (C=O) groups excluding carboxylic acids is 1. The number of piperidine rings is 1. The molecule has 2 aromatic rings. The zero-order valence-electron chi connectivity index (χ0n) is 15.8. The van der Waals surface area contributed by atoms with Crippen molar-refractivity contribution < 1.29 is 9.21 Å². The van der Waals surface area contributed by atoms with Gasteiger partial charge in [-0.25, -0.2) is 4.79 Å². The Hall–Kier alpha value is -2.24. The number of aryl methyl sites for hydroxylation is 3. The molecule has 0 aromatic carbocycles. The van der Waals surface area contributed by atoms with E-state index in [1.54, 1.807) is 0 Å². The number of hydrogen-bond donors (Lipinski definition) is 1. The van der Waals surface area contributed by atoms with Gasteiger partial charge in [0.05, 0.1) is 23.1 Å². The Morgan fingerprint density at radius 2 is 2.12 bits per heavy atom. The standard InChI is InChI=1S/C19H28N4O2/c1-6-23-15(5)18(14(4)21-23)20-19(24)22-10-9-12(2)11-16(22)17-8-7-13(3)25-17/h7-8,12,16H,6,9-11H2,1-5H3,(H,20,24)/t12-,16+/m0/s1. The molecule has 1 N–H and O–H groups in total. The van der Waals surface area contributed by atoms with Crippen LogP contribution in [0.3, 0.4) is 0 Å². The fraction of sp³-hybridized carbons (Fsp3) is 0.579. The molecule has 2 amide bonds. The zero-order chi connectivity index (χ0) is 18.1. The number of hydrogen-bond acceptors (Lipinski definition) is 3. The van der Waals surface area contributed by atoms with Gasteiger partial charge in [-0.3, -0.25) is 4.68 Å². The molecule has 1 fully saturated rings. The summed E-state index contributed by atoms with van der Waals surface area (Å²) in [5, 5.41) is 7.57. The Morgan fingerprint density at radius 3 is 2.72 bits per heavy atom. The molecule has 0 radical (unpaired) electrons. The highest BCUT2D eigenvalue weighted by molar-refractivity contribution is 5.91. The fourth-order valence-electron chi connectivity index (χ4n) is 3.65. The van der Waals surface area contributed by atoms with E-state index < -0.39 is 0 Å². The quantitative estimate of drug-likeness (QED) is 0.896. The summed E-state index contributed by atoms with van der Waals surface area (Å²) in [4.78, 5) is 14.9. The van der Waals surface area contributed by atoms with E-state index in [9.17, 15) is 4.79 Å². The number of likely N-dealkylation sites (tertiary alicyclic amines) is 1. The van der Waals surface area contributed by atoms with Gasteiger partial charge in [-0.2, -0.15) is 5.10 Å². The molecule has 0 unspecified atom stereocenters. The summed E-state index contributed by atoms with van der Waals surface area (Å²) < 4.78 is 7.75. The molecule has 0 spiro atoms. The van der Waals surface area contributed by atoms with Crippen molar-refractivity contribution in [3.05, 3.63) is 35.0 Å². The van der Waals surface area contributed by atoms with Gasteiger partial charge in [-0.1, -0.05) is 6.92 Å². The van der Waals surface area contributed by atoms with Gasteiger partial charge in [-0.05, 0) is 58.6 Å². The molecule has 6 nitrogen and oxygen atoms in total. The number of aromatic nitrogens is 2. The normalized spacial score (nSPS) is 20.8. The van der Waals surface area contributed by atoms with E-state index in [4.69, 9.17) is 4.42 Å². The van der Waals surface area contributed by atoms with Gasteiger partial charge < -0.3 is 14.6 Å². The second kappa shape index (κ2) is 6.94. The largest absolute Gasteiger partial charge is 0.464 e. The van der Waals surface area contributed by atoms with Crippen molar-refractivity contribution in [1.82, 2.24) is 14.7 Å². The number of anilines is 1. The molecule has 2 aromatic heterocycles. The van der Waals surface area contributed by atoms with Crippen LogP contribution in [0.2, 0.25) is 0 Å². The van der Waals surface area contributed by atoms with Crippen LogP contribution < -0.4 is 5.32 Å². The predicted octanol–water partition coefficient (Wildman–Crippen LogP) is 4.43. The molecule has 136 valence electrons. The Labute approximate surface area is 149 Å². The lowest BCUT2D eigenvalue weighted by Crippen LogP contribution is -2.43. The van der Waals surface area contributed by atoms with Crippen molar-refractivity contribution in [3.63, 3.8) is 0 Å². The highest BCUT2D eigenvalue weighted by Crippen LogP contribution is 2.35. The molecule has 25 heavy (non-hydrogen) atoms. The zero-order valence-corrected chi connectivity index (χ0v) is 15.8. The third-order valence-electron chi connectivity index (χ3n) is 5.13. The van der Waals surface area contributed by atoms with E-state index >= 15 is 0 Å². The van der Waals surface area contributed by atoms with E-state index in [0.29, 0.717) is 5.92 Å². The number of nitrogens with zero attached hydrogens (tertiary/aromatic N) is 3. The summed E-state index contributed by atoms with van der Waals surface area (Å²) >= 11 is 0. The highest BCUT2D eigenvalue weighted by atomic mass is 16.3. The van der Waals surface area contributed by atoms with E-state index in [2.05, 4.69) is 17.3 Å². The summed E-state index contributed by atoms with van der Waals surface area (Å²) in [7, 11) is 0. The van der Waals surface area contributed by atoms with Crippen molar-refractivity contribution in [3.8, 4) is 0 Å². The second-order valence-electron chi connectivity index (χ2n) is 7.08. The third kappa shape index (κ3) is 3.43. The average molecular weight is 344 g/mol. The molecule has 2 atom stereocenters. The number of carbonyl (C=O) groups is 1. The summed E-state index contributed by atoms with van der Waals surface area (Å²) in [6, 6.07) is 3.86. The number of amides is 2. The monoisotopic (exact) mass is 344 g/mol. The summed E-state index contributed by atoms with van der Waals surface area (Å²) in [5.74, 6) is 2.33. The van der Waals surface area contributed by atoms with Gasteiger partial charge in [0.25, 0.3) is 0 Å². The van der Waals surface area contributed by atoms with Crippen molar-refractivity contribution in [1.29, 1.82) is 0 Å². The van der Waals surface area contributed by atoms with Crippen LogP contribution in [0.5, 0.6) is 0 Å². The number of nitrogens with one attached hydrogen (secondary N) is 1. The highest BCUT2D eigenvalue weighted by Gasteiger charge is 2.33. The Balaban J connectivity index is 1.83. The van der Waals surface area contributed by atoms with E-state index in [0.717, 1.165) is 54.5 Å². The smallest absolute Gasteiger partial charge is 0.322 e. The lowest BCUT2D eigenvalue weighted by Gasteiger charge is -2.37. The second-order valence-corrected chi connectivity index (χ2v) is 7.08. The Morgan fingerprint density at radius 1 is 1.36 bits per heavy atom. The topological polar surface area (TPSA) is 63.3 Å². The maximum absolute atomic E-state index is 13.0. The first-order chi connectivity index (χ1) is 11.9. The van der Waals surface area contributed by atoms with Gasteiger partial charge in [-0.15, -0.1) is 0 Å². The van der Waals surface area contributed by atoms with Crippen LogP contribution in [-0.2, 0) is 6.54 Å². The summed E-state index contributed by atoms with van der Waals surface area (Å²) in [6.07, 6.45) is 1.93. The van der Waals surface area contributed by atoms with Crippen LogP contribution >= 0.6 is 0 Å². The van der Waals surface area contributed by atoms with Crippen molar-refractivity contribution in [2.45, 2.75) is 60.0 Å². The minimum absolute atomic E-state index is 0.0146. The first-order valence-corrected chi connectivity index (χ1v) is 9.08. The maximum atomic E-state index is 13.0. The lowest BCUT2D eigenvalue weighted by molar-refractivity contribution is 0.128. The van der Waals surface area contributed by atoms with Gasteiger partial charge in [0.1, 0.15) is 11.5 Å². The van der Waals surface area contributed by atoms with E-state index in [1.807, 2.05) is 49.4 Å². The van der Waals surface area contributed by atoms with Crippen LogP contribution in [0, 0.1) is 26.7 Å².